The predicted molar refractivity (Wildman–Crippen MR) is 66.0 cm³/mol. The summed E-state index contributed by atoms with van der Waals surface area (Å²) in [5.41, 5.74) is 1.72. The number of aromatic nitrogens is 1. The third-order valence-electron chi connectivity index (χ3n) is 1.91. The molecular formula is C11H14ClN3. The average Bonchev–Trinajstić information content (AvgIpc) is 2.26. The summed E-state index contributed by atoms with van der Waals surface area (Å²) in [6, 6.07) is 1.87. The molecule has 1 aromatic heterocycles. The fourth-order valence-corrected chi connectivity index (χ4v) is 1.32. The van der Waals surface area contributed by atoms with E-state index < -0.39 is 0 Å². The molecule has 0 amide bonds. The van der Waals surface area contributed by atoms with E-state index in [1.165, 1.54) is 0 Å². The van der Waals surface area contributed by atoms with Crippen molar-refractivity contribution in [3.8, 4) is 0 Å². The number of nitrogens with one attached hydrogen (secondary N) is 2. The van der Waals surface area contributed by atoms with Gasteiger partial charge in [-0.05, 0) is 23.9 Å². The Morgan fingerprint density at radius 1 is 1.53 bits per heavy atom. The number of halogens is 1. The zero-order valence-electron chi connectivity index (χ0n) is 8.84. The summed E-state index contributed by atoms with van der Waals surface area (Å²) in [6.07, 6.45) is 5.28. The lowest BCUT2D eigenvalue weighted by atomic mass is 10.1. The zero-order chi connectivity index (χ0) is 11.3. The second kappa shape index (κ2) is 5.41. The van der Waals surface area contributed by atoms with Crippen LogP contribution in [0.5, 0.6) is 0 Å². The molecule has 0 aliphatic carbocycles. The van der Waals surface area contributed by atoms with Gasteiger partial charge in [-0.3, -0.25) is 0 Å². The fourth-order valence-electron chi connectivity index (χ4n) is 1.10. The molecular weight excluding hydrogens is 210 g/mol. The molecule has 0 unspecified atom stereocenters. The molecule has 0 atom stereocenters. The normalized spacial score (nSPS) is 10.3. The monoisotopic (exact) mass is 223 g/mol. The third kappa shape index (κ3) is 2.99. The number of allylic oxidation sites excluding steroid dienone is 2. The van der Waals surface area contributed by atoms with E-state index in [1.54, 1.807) is 12.4 Å². The maximum absolute atomic E-state index is 6.02. The average molecular weight is 224 g/mol. The highest BCUT2D eigenvalue weighted by Crippen LogP contribution is 2.24. The largest absolute Gasteiger partial charge is 0.394 e. The second-order valence-electron chi connectivity index (χ2n) is 2.95. The molecule has 0 aliphatic rings. The minimum absolute atomic E-state index is 0.597. The Bertz CT molecular complexity index is 385. The molecule has 0 aliphatic heterocycles. The molecule has 0 aromatic carbocycles. The van der Waals surface area contributed by atoms with Crippen LogP contribution in [0.25, 0.3) is 5.57 Å². The SMILES string of the molecule is C=C(/C=C\NC)c1cc(NC)ncc1Cl. The number of anilines is 1. The molecule has 15 heavy (non-hydrogen) atoms. The summed E-state index contributed by atoms with van der Waals surface area (Å²) in [5.74, 6) is 0.772. The summed E-state index contributed by atoms with van der Waals surface area (Å²) in [5, 5.41) is 6.45. The number of rotatable bonds is 4. The highest BCUT2D eigenvalue weighted by Gasteiger charge is 2.03. The highest BCUT2D eigenvalue weighted by molar-refractivity contribution is 6.32. The first kappa shape index (κ1) is 11.6. The molecule has 1 heterocycles. The minimum atomic E-state index is 0.597. The number of hydrogen-bond acceptors (Lipinski definition) is 3. The standard InChI is InChI=1S/C11H14ClN3/c1-8(4-5-13-2)9-6-11(14-3)15-7-10(9)12/h4-7,13H,1H2,2-3H3,(H,14,15)/b5-4-. The molecule has 0 fully saturated rings. The topological polar surface area (TPSA) is 37.0 Å². The van der Waals surface area contributed by atoms with Gasteiger partial charge in [0.25, 0.3) is 0 Å². The quantitative estimate of drug-likeness (QED) is 0.771. The van der Waals surface area contributed by atoms with Crippen LogP contribution in [0.4, 0.5) is 5.82 Å². The third-order valence-corrected chi connectivity index (χ3v) is 2.21. The van der Waals surface area contributed by atoms with Crippen molar-refractivity contribution < 1.29 is 0 Å². The van der Waals surface area contributed by atoms with Gasteiger partial charge in [-0.1, -0.05) is 18.2 Å². The maximum Gasteiger partial charge on any atom is 0.126 e. The van der Waals surface area contributed by atoms with Crippen LogP contribution in [0.1, 0.15) is 5.56 Å². The molecule has 1 rings (SSSR count). The number of pyridine rings is 1. The van der Waals surface area contributed by atoms with E-state index in [-0.39, 0.29) is 0 Å². The molecule has 0 radical (unpaired) electrons. The predicted octanol–water partition coefficient (Wildman–Crippen LogP) is 2.52. The van der Waals surface area contributed by atoms with E-state index in [0.29, 0.717) is 5.02 Å². The molecule has 0 saturated carbocycles. The van der Waals surface area contributed by atoms with Gasteiger partial charge in [-0.25, -0.2) is 4.98 Å². The van der Waals surface area contributed by atoms with Crippen molar-refractivity contribution in [2.75, 3.05) is 19.4 Å². The Labute approximate surface area is 94.9 Å². The Morgan fingerprint density at radius 3 is 2.87 bits per heavy atom. The van der Waals surface area contributed by atoms with Crippen LogP contribution in [0.3, 0.4) is 0 Å². The number of nitrogens with zero attached hydrogens (tertiary/aromatic N) is 1. The molecule has 0 spiro atoms. The van der Waals surface area contributed by atoms with Crippen LogP contribution in [0.2, 0.25) is 5.02 Å². The Morgan fingerprint density at radius 2 is 2.27 bits per heavy atom. The van der Waals surface area contributed by atoms with Crippen molar-refractivity contribution in [1.29, 1.82) is 0 Å². The lowest BCUT2D eigenvalue weighted by Crippen LogP contribution is -1.95. The summed E-state index contributed by atoms with van der Waals surface area (Å²) < 4.78 is 0. The zero-order valence-corrected chi connectivity index (χ0v) is 9.60. The van der Waals surface area contributed by atoms with Gasteiger partial charge >= 0.3 is 0 Å². The van der Waals surface area contributed by atoms with E-state index in [1.807, 2.05) is 26.2 Å². The first-order valence-corrected chi connectivity index (χ1v) is 4.93. The van der Waals surface area contributed by atoms with Gasteiger partial charge < -0.3 is 10.6 Å². The van der Waals surface area contributed by atoms with Crippen LogP contribution < -0.4 is 10.6 Å². The van der Waals surface area contributed by atoms with E-state index in [0.717, 1.165) is 17.0 Å². The molecule has 3 nitrogen and oxygen atoms in total. The van der Waals surface area contributed by atoms with E-state index >= 15 is 0 Å². The van der Waals surface area contributed by atoms with E-state index in [9.17, 15) is 0 Å². The summed E-state index contributed by atoms with van der Waals surface area (Å²) in [7, 11) is 3.64. The fraction of sp³-hybridized carbons (Fsp3) is 0.182. The lowest BCUT2D eigenvalue weighted by Gasteiger charge is -2.06. The molecule has 80 valence electrons. The minimum Gasteiger partial charge on any atom is -0.394 e. The van der Waals surface area contributed by atoms with Gasteiger partial charge in [0.05, 0.1) is 5.02 Å². The van der Waals surface area contributed by atoms with Gasteiger partial charge in [0.15, 0.2) is 0 Å². The van der Waals surface area contributed by atoms with Gasteiger partial charge in [0, 0.05) is 25.9 Å². The van der Waals surface area contributed by atoms with Crippen molar-refractivity contribution in [2.45, 2.75) is 0 Å². The van der Waals surface area contributed by atoms with Crippen LogP contribution in [0, 0.1) is 0 Å². The van der Waals surface area contributed by atoms with Crippen molar-refractivity contribution >= 4 is 23.0 Å². The smallest absolute Gasteiger partial charge is 0.126 e. The van der Waals surface area contributed by atoms with Crippen LogP contribution in [-0.4, -0.2) is 19.1 Å². The van der Waals surface area contributed by atoms with Crippen molar-refractivity contribution in [3.05, 3.63) is 41.7 Å². The maximum atomic E-state index is 6.02. The van der Waals surface area contributed by atoms with Gasteiger partial charge in [0.2, 0.25) is 0 Å². The Hall–Kier alpha value is -1.48. The molecule has 0 bridgehead atoms. The van der Waals surface area contributed by atoms with Gasteiger partial charge in [0.1, 0.15) is 5.82 Å². The molecule has 1 aromatic rings. The lowest BCUT2D eigenvalue weighted by molar-refractivity contribution is 1.10. The van der Waals surface area contributed by atoms with E-state index in [2.05, 4.69) is 22.2 Å². The Balaban J connectivity index is 3.01. The summed E-state index contributed by atoms with van der Waals surface area (Å²) in [6.45, 7) is 3.93. The second-order valence-corrected chi connectivity index (χ2v) is 3.35. The van der Waals surface area contributed by atoms with Crippen LogP contribution in [-0.2, 0) is 0 Å². The van der Waals surface area contributed by atoms with Gasteiger partial charge in [-0.2, -0.15) is 0 Å². The Kier molecular flexibility index (Phi) is 4.18. The summed E-state index contributed by atoms with van der Waals surface area (Å²) in [4.78, 5) is 4.10. The number of hydrogen-bond donors (Lipinski definition) is 2. The van der Waals surface area contributed by atoms with Crippen molar-refractivity contribution in [2.24, 2.45) is 0 Å². The molecule has 2 N–H and O–H groups in total. The van der Waals surface area contributed by atoms with Crippen molar-refractivity contribution in [1.82, 2.24) is 10.3 Å². The first-order valence-electron chi connectivity index (χ1n) is 4.55. The van der Waals surface area contributed by atoms with Crippen LogP contribution >= 0.6 is 11.6 Å². The first-order chi connectivity index (χ1) is 7.19. The van der Waals surface area contributed by atoms with Gasteiger partial charge in [-0.15, -0.1) is 0 Å². The molecule has 0 saturated heterocycles. The highest BCUT2D eigenvalue weighted by atomic mass is 35.5. The van der Waals surface area contributed by atoms with Crippen molar-refractivity contribution in [3.63, 3.8) is 0 Å². The summed E-state index contributed by atoms with van der Waals surface area (Å²) >= 11 is 6.02. The van der Waals surface area contributed by atoms with Crippen LogP contribution in [0.15, 0.2) is 31.1 Å². The molecule has 4 heteroatoms. The van der Waals surface area contributed by atoms with E-state index in [4.69, 9.17) is 11.6 Å².